The summed E-state index contributed by atoms with van der Waals surface area (Å²) in [6.45, 7) is 3.57. The number of hydrogen-bond donors (Lipinski definition) is 2. The highest BCUT2D eigenvalue weighted by atomic mass is 79.9. The summed E-state index contributed by atoms with van der Waals surface area (Å²) in [5, 5.41) is 13.5. The van der Waals surface area contributed by atoms with Crippen molar-refractivity contribution in [2.45, 2.75) is 19.4 Å². The van der Waals surface area contributed by atoms with Gasteiger partial charge in [0.05, 0.1) is 5.60 Å². The van der Waals surface area contributed by atoms with Gasteiger partial charge in [0.25, 0.3) is 0 Å². The molecule has 2 N–H and O–H groups in total. The lowest BCUT2D eigenvalue weighted by Gasteiger charge is -2.22. The Labute approximate surface area is 116 Å². The molecule has 2 aromatic rings. The molecule has 3 heteroatoms. The van der Waals surface area contributed by atoms with Crippen molar-refractivity contribution in [2.24, 2.45) is 0 Å². The van der Waals surface area contributed by atoms with Gasteiger partial charge in [-0.15, -0.1) is 0 Å². The van der Waals surface area contributed by atoms with Gasteiger partial charge in [0.2, 0.25) is 0 Å². The van der Waals surface area contributed by atoms with Gasteiger partial charge in [0.15, 0.2) is 0 Å². The van der Waals surface area contributed by atoms with E-state index in [0.717, 1.165) is 21.4 Å². The second-order valence-corrected chi connectivity index (χ2v) is 5.65. The smallest absolute Gasteiger partial charge is 0.0860 e. The molecule has 0 bridgehead atoms. The van der Waals surface area contributed by atoms with Crippen LogP contribution in [0.3, 0.4) is 0 Å². The quantitative estimate of drug-likeness (QED) is 0.880. The van der Waals surface area contributed by atoms with E-state index in [1.165, 1.54) is 0 Å². The molecule has 0 radical (unpaired) electrons. The first-order chi connectivity index (χ1) is 8.47. The fourth-order valence-electron chi connectivity index (χ4n) is 1.81. The van der Waals surface area contributed by atoms with E-state index in [1.807, 2.05) is 48.5 Å². The largest absolute Gasteiger partial charge is 0.386 e. The fourth-order valence-corrected chi connectivity index (χ4v) is 2.08. The number of benzene rings is 2. The van der Waals surface area contributed by atoms with Crippen LogP contribution < -0.4 is 5.32 Å². The van der Waals surface area contributed by atoms with E-state index in [2.05, 4.69) is 21.2 Å². The van der Waals surface area contributed by atoms with Crippen molar-refractivity contribution < 1.29 is 5.11 Å². The van der Waals surface area contributed by atoms with E-state index in [9.17, 15) is 5.11 Å². The van der Waals surface area contributed by atoms with Crippen LogP contribution in [-0.2, 0) is 5.60 Å². The molecule has 0 atom stereocenters. The minimum Gasteiger partial charge on any atom is -0.386 e. The Kier molecular flexibility index (Phi) is 3.73. The molecule has 0 saturated carbocycles. The first-order valence-electron chi connectivity index (χ1n) is 5.81. The van der Waals surface area contributed by atoms with Crippen LogP contribution in [0.1, 0.15) is 19.4 Å². The Morgan fingerprint density at radius 3 is 2.22 bits per heavy atom. The van der Waals surface area contributed by atoms with Gasteiger partial charge in [-0.05, 0) is 44.2 Å². The molecule has 0 unspecified atom stereocenters. The summed E-state index contributed by atoms with van der Waals surface area (Å²) in [4.78, 5) is 0. The van der Waals surface area contributed by atoms with Crippen molar-refractivity contribution in [1.29, 1.82) is 0 Å². The van der Waals surface area contributed by atoms with Gasteiger partial charge in [-0.25, -0.2) is 0 Å². The van der Waals surface area contributed by atoms with E-state index < -0.39 is 5.60 Å². The van der Waals surface area contributed by atoms with Gasteiger partial charge in [0.1, 0.15) is 0 Å². The second-order valence-electron chi connectivity index (χ2n) is 4.74. The van der Waals surface area contributed by atoms with Gasteiger partial charge in [-0.1, -0.05) is 34.1 Å². The van der Waals surface area contributed by atoms with Crippen LogP contribution in [0.25, 0.3) is 0 Å². The predicted molar refractivity (Wildman–Crippen MR) is 79.1 cm³/mol. The summed E-state index contributed by atoms with van der Waals surface area (Å²) in [5.74, 6) is 0. The molecule has 0 amide bonds. The number of aliphatic hydroxyl groups is 1. The monoisotopic (exact) mass is 305 g/mol. The molecule has 0 aromatic heterocycles. The van der Waals surface area contributed by atoms with Gasteiger partial charge in [-0.2, -0.15) is 0 Å². The maximum absolute atomic E-state index is 10.1. The Balaban J connectivity index is 2.32. The number of hydrogen-bond acceptors (Lipinski definition) is 2. The van der Waals surface area contributed by atoms with Crippen molar-refractivity contribution >= 4 is 27.3 Å². The lowest BCUT2D eigenvalue weighted by molar-refractivity contribution is 0.0794. The van der Waals surface area contributed by atoms with Crippen molar-refractivity contribution in [3.8, 4) is 0 Å². The van der Waals surface area contributed by atoms with Gasteiger partial charge in [0, 0.05) is 21.4 Å². The summed E-state index contributed by atoms with van der Waals surface area (Å²) in [6, 6.07) is 15.7. The van der Waals surface area contributed by atoms with Crippen molar-refractivity contribution in [2.75, 3.05) is 5.32 Å². The number of anilines is 2. The average Bonchev–Trinajstić information content (AvgIpc) is 2.31. The highest BCUT2D eigenvalue weighted by Gasteiger charge is 2.19. The molecule has 0 aliphatic rings. The van der Waals surface area contributed by atoms with Crippen LogP contribution in [0, 0.1) is 0 Å². The minimum atomic E-state index is -0.862. The second kappa shape index (κ2) is 5.12. The van der Waals surface area contributed by atoms with Crippen molar-refractivity contribution in [3.63, 3.8) is 0 Å². The Morgan fingerprint density at radius 2 is 1.61 bits per heavy atom. The van der Waals surface area contributed by atoms with E-state index in [4.69, 9.17) is 0 Å². The molecule has 2 aromatic carbocycles. The summed E-state index contributed by atoms with van der Waals surface area (Å²) >= 11 is 3.41. The number of rotatable bonds is 3. The van der Waals surface area contributed by atoms with Gasteiger partial charge >= 0.3 is 0 Å². The predicted octanol–water partition coefficient (Wildman–Crippen LogP) is 4.42. The number of halogens is 1. The van der Waals surface area contributed by atoms with E-state index in [-0.39, 0.29) is 0 Å². The highest BCUT2D eigenvalue weighted by Crippen LogP contribution is 2.29. The van der Waals surface area contributed by atoms with Gasteiger partial charge < -0.3 is 10.4 Å². The zero-order valence-corrected chi connectivity index (χ0v) is 12.0. The van der Waals surface area contributed by atoms with Crippen LogP contribution in [0.5, 0.6) is 0 Å². The molecule has 94 valence electrons. The molecule has 2 nitrogen and oxygen atoms in total. The summed E-state index contributed by atoms with van der Waals surface area (Å²) in [7, 11) is 0. The third-order valence-corrected chi connectivity index (χ3v) is 3.24. The lowest BCUT2D eigenvalue weighted by atomic mass is 9.96. The third-order valence-electron chi connectivity index (χ3n) is 2.71. The van der Waals surface area contributed by atoms with Crippen LogP contribution in [0.2, 0.25) is 0 Å². The topological polar surface area (TPSA) is 32.3 Å². The third kappa shape index (κ3) is 3.12. The molecule has 0 fully saturated rings. The molecular weight excluding hydrogens is 290 g/mol. The first kappa shape index (κ1) is 13.1. The maximum atomic E-state index is 10.1. The standard InChI is InChI=1S/C15H16BrNO/c1-15(2,18)13-5-3-4-6-14(13)17-12-9-7-11(16)8-10-12/h3-10,17-18H,1-2H3. The van der Waals surface area contributed by atoms with Crippen LogP contribution >= 0.6 is 15.9 Å². The van der Waals surface area contributed by atoms with Crippen molar-refractivity contribution in [3.05, 3.63) is 58.6 Å². The maximum Gasteiger partial charge on any atom is 0.0860 e. The Morgan fingerprint density at radius 1 is 1.00 bits per heavy atom. The highest BCUT2D eigenvalue weighted by molar-refractivity contribution is 9.10. The molecule has 0 saturated heterocycles. The molecule has 2 rings (SSSR count). The SMILES string of the molecule is CC(C)(O)c1ccccc1Nc1ccc(Br)cc1. The lowest BCUT2D eigenvalue weighted by Crippen LogP contribution is -2.17. The molecule has 0 spiro atoms. The Bertz CT molecular complexity index is 529. The van der Waals surface area contributed by atoms with Crippen LogP contribution in [0.4, 0.5) is 11.4 Å². The molecule has 0 aliphatic heterocycles. The summed E-state index contributed by atoms with van der Waals surface area (Å²) < 4.78 is 1.05. The van der Waals surface area contributed by atoms with Gasteiger partial charge in [-0.3, -0.25) is 0 Å². The first-order valence-corrected chi connectivity index (χ1v) is 6.60. The van der Waals surface area contributed by atoms with Crippen LogP contribution in [0.15, 0.2) is 53.0 Å². The molecule has 0 heterocycles. The molecular formula is C15H16BrNO. The fraction of sp³-hybridized carbons (Fsp3) is 0.200. The molecule has 0 aliphatic carbocycles. The Hall–Kier alpha value is -1.32. The normalized spacial score (nSPS) is 11.3. The summed E-state index contributed by atoms with van der Waals surface area (Å²) in [5.41, 5.74) is 1.94. The van der Waals surface area contributed by atoms with E-state index in [0.29, 0.717) is 0 Å². The minimum absolute atomic E-state index is 0.862. The van der Waals surface area contributed by atoms with Crippen LogP contribution in [-0.4, -0.2) is 5.11 Å². The number of nitrogens with one attached hydrogen (secondary N) is 1. The summed E-state index contributed by atoms with van der Waals surface area (Å²) in [6.07, 6.45) is 0. The van der Waals surface area contributed by atoms with E-state index >= 15 is 0 Å². The number of para-hydroxylation sites is 1. The molecule has 18 heavy (non-hydrogen) atoms. The average molecular weight is 306 g/mol. The zero-order chi connectivity index (χ0) is 13.2. The zero-order valence-electron chi connectivity index (χ0n) is 10.4. The van der Waals surface area contributed by atoms with E-state index in [1.54, 1.807) is 13.8 Å². The van der Waals surface area contributed by atoms with Crippen molar-refractivity contribution in [1.82, 2.24) is 0 Å².